The first-order valence-corrected chi connectivity index (χ1v) is 8.16. The van der Waals surface area contributed by atoms with E-state index in [0.29, 0.717) is 12.0 Å². The highest BCUT2D eigenvalue weighted by atomic mass is 79.9. The summed E-state index contributed by atoms with van der Waals surface area (Å²) in [5, 5.41) is 3.57. The minimum Gasteiger partial charge on any atom is -0.367 e. The zero-order valence-corrected chi connectivity index (χ0v) is 13.7. The molecular formula is C15H24BrN3. The van der Waals surface area contributed by atoms with Crippen LogP contribution in [0.4, 0.5) is 5.82 Å². The first-order valence-electron chi connectivity index (χ1n) is 7.37. The van der Waals surface area contributed by atoms with Gasteiger partial charge in [-0.05, 0) is 41.6 Å². The van der Waals surface area contributed by atoms with Crippen molar-refractivity contribution in [2.75, 3.05) is 5.32 Å². The number of hydrogen-bond donors (Lipinski definition) is 1. The van der Waals surface area contributed by atoms with Gasteiger partial charge in [-0.1, -0.05) is 33.1 Å². The summed E-state index contributed by atoms with van der Waals surface area (Å²) in [7, 11) is 0. The smallest absolute Gasteiger partial charge is 0.134 e. The summed E-state index contributed by atoms with van der Waals surface area (Å²) in [5.74, 6) is 2.98. The van der Waals surface area contributed by atoms with Crippen molar-refractivity contribution in [3.05, 3.63) is 16.5 Å². The van der Waals surface area contributed by atoms with Crippen molar-refractivity contribution >= 4 is 21.7 Å². The van der Waals surface area contributed by atoms with Crippen LogP contribution in [0.2, 0.25) is 0 Å². The highest BCUT2D eigenvalue weighted by Gasteiger charge is 2.20. The van der Waals surface area contributed by atoms with Crippen LogP contribution >= 0.6 is 15.9 Å². The number of nitrogens with one attached hydrogen (secondary N) is 1. The predicted molar refractivity (Wildman–Crippen MR) is 83.5 cm³/mol. The predicted octanol–water partition coefficient (Wildman–Crippen LogP) is 4.74. The lowest BCUT2D eigenvalue weighted by Crippen LogP contribution is -2.28. The molecular weight excluding hydrogens is 302 g/mol. The lowest BCUT2D eigenvalue weighted by molar-refractivity contribution is 0.328. The Morgan fingerprint density at radius 2 is 1.84 bits per heavy atom. The van der Waals surface area contributed by atoms with Crippen LogP contribution in [0.25, 0.3) is 0 Å². The Balaban J connectivity index is 2.05. The molecule has 19 heavy (non-hydrogen) atoms. The van der Waals surface area contributed by atoms with Gasteiger partial charge in [-0.15, -0.1) is 0 Å². The van der Waals surface area contributed by atoms with Gasteiger partial charge in [-0.25, -0.2) is 9.97 Å². The van der Waals surface area contributed by atoms with Gasteiger partial charge in [0.1, 0.15) is 16.2 Å². The van der Waals surface area contributed by atoms with Gasteiger partial charge in [0, 0.05) is 18.0 Å². The minimum atomic E-state index is 0.350. The molecule has 3 nitrogen and oxygen atoms in total. The second kappa shape index (κ2) is 6.69. The summed E-state index contributed by atoms with van der Waals surface area (Å²) in [5.41, 5.74) is 0. The van der Waals surface area contributed by atoms with Crippen molar-refractivity contribution in [3.63, 3.8) is 0 Å². The third-order valence-electron chi connectivity index (χ3n) is 3.96. The fourth-order valence-electron chi connectivity index (χ4n) is 2.75. The van der Waals surface area contributed by atoms with Crippen LogP contribution in [0.3, 0.4) is 0 Å². The van der Waals surface area contributed by atoms with Gasteiger partial charge < -0.3 is 5.32 Å². The fourth-order valence-corrected chi connectivity index (χ4v) is 3.15. The second-order valence-electron chi connectivity index (χ2n) is 5.92. The zero-order valence-electron chi connectivity index (χ0n) is 12.1. The molecule has 0 saturated heterocycles. The molecule has 1 fully saturated rings. The molecule has 0 aliphatic heterocycles. The van der Waals surface area contributed by atoms with Crippen LogP contribution in [0.1, 0.15) is 64.6 Å². The van der Waals surface area contributed by atoms with E-state index in [0.717, 1.165) is 22.2 Å². The van der Waals surface area contributed by atoms with Crippen LogP contribution in [0, 0.1) is 5.92 Å². The molecule has 1 heterocycles. The Bertz CT molecular complexity index is 414. The first kappa shape index (κ1) is 14.8. The summed E-state index contributed by atoms with van der Waals surface area (Å²) < 4.78 is 0.865. The van der Waals surface area contributed by atoms with Crippen LogP contribution in [0.5, 0.6) is 0 Å². The van der Waals surface area contributed by atoms with Gasteiger partial charge in [0.05, 0.1) is 0 Å². The average molecular weight is 326 g/mol. The van der Waals surface area contributed by atoms with E-state index in [1.807, 2.05) is 6.07 Å². The highest BCUT2D eigenvalue weighted by molar-refractivity contribution is 9.10. The topological polar surface area (TPSA) is 37.8 Å². The van der Waals surface area contributed by atoms with Gasteiger partial charge in [0.2, 0.25) is 0 Å². The molecule has 0 bridgehead atoms. The van der Waals surface area contributed by atoms with Gasteiger partial charge in [0.25, 0.3) is 0 Å². The van der Waals surface area contributed by atoms with Crippen LogP contribution in [-0.4, -0.2) is 16.0 Å². The lowest BCUT2D eigenvalue weighted by Gasteiger charge is -2.28. The van der Waals surface area contributed by atoms with Crippen molar-refractivity contribution < 1.29 is 0 Å². The molecule has 1 atom stereocenters. The number of nitrogens with zero attached hydrogens (tertiary/aromatic N) is 2. The maximum atomic E-state index is 4.62. The van der Waals surface area contributed by atoms with E-state index in [-0.39, 0.29) is 0 Å². The largest absolute Gasteiger partial charge is 0.367 e. The molecule has 106 valence electrons. The van der Waals surface area contributed by atoms with E-state index in [2.05, 4.69) is 52.0 Å². The molecule has 1 aliphatic carbocycles. The monoisotopic (exact) mass is 325 g/mol. The molecule has 1 unspecified atom stereocenters. The van der Waals surface area contributed by atoms with E-state index in [4.69, 9.17) is 0 Å². The molecule has 0 radical (unpaired) electrons. The number of aromatic nitrogens is 2. The van der Waals surface area contributed by atoms with Crippen LogP contribution < -0.4 is 5.32 Å². The Morgan fingerprint density at radius 3 is 2.47 bits per heavy atom. The van der Waals surface area contributed by atoms with Crippen molar-refractivity contribution in [1.29, 1.82) is 0 Å². The van der Waals surface area contributed by atoms with E-state index < -0.39 is 0 Å². The third kappa shape index (κ3) is 4.16. The molecule has 0 aromatic carbocycles. The van der Waals surface area contributed by atoms with E-state index in [9.17, 15) is 0 Å². The van der Waals surface area contributed by atoms with E-state index >= 15 is 0 Å². The number of anilines is 1. The Kier molecular flexibility index (Phi) is 5.20. The lowest BCUT2D eigenvalue weighted by atomic mass is 9.84. The van der Waals surface area contributed by atoms with Gasteiger partial charge in [-0.3, -0.25) is 0 Å². The van der Waals surface area contributed by atoms with E-state index in [1.165, 1.54) is 32.1 Å². The highest BCUT2D eigenvalue weighted by Crippen LogP contribution is 2.28. The summed E-state index contributed by atoms with van der Waals surface area (Å²) in [6, 6.07) is 2.47. The quantitative estimate of drug-likeness (QED) is 0.812. The summed E-state index contributed by atoms with van der Waals surface area (Å²) in [6.45, 7) is 6.52. The SMILES string of the molecule is CC(C)c1nc(Br)cc(NC(C)C2CCCCC2)n1. The summed E-state index contributed by atoms with van der Waals surface area (Å²) >= 11 is 3.48. The maximum absolute atomic E-state index is 4.62. The fraction of sp³-hybridized carbons (Fsp3) is 0.733. The van der Waals surface area contributed by atoms with Gasteiger partial charge in [-0.2, -0.15) is 0 Å². The van der Waals surface area contributed by atoms with Crippen LogP contribution in [0.15, 0.2) is 10.7 Å². The Labute approximate surface area is 124 Å². The first-order chi connectivity index (χ1) is 9.06. The van der Waals surface area contributed by atoms with Crippen molar-refractivity contribution in [1.82, 2.24) is 9.97 Å². The number of hydrogen-bond acceptors (Lipinski definition) is 3. The molecule has 2 rings (SSSR count). The molecule has 1 aromatic heterocycles. The molecule has 0 amide bonds. The number of rotatable bonds is 4. The Hall–Kier alpha value is -0.640. The average Bonchev–Trinajstić information content (AvgIpc) is 2.39. The maximum Gasteiger partial charge on any atom is 0.134 e. The molecule has 1 aliphatic rings. The van der Waals surface area contributed by atoms with Crippen molar-refractivity contribution in [2.24, 2.45) is 5.92 Å². The standard InChI is InChI=1S/C15H24BrN3/c1-10(2)15-18-13(16)9-14(19-15)17-11(3)12-7-5-4-6-8-12/h9-12H,4-8H2,1-3H3,(H,17,18,19). The van der Waals surface area contributed by atoms with Crippen molar-refractivity contribution in [3.8, 4) is 0 Å². The third-order valence-corrected chi connectivity index (χ3v) is 4.37. The summed E-state index contributed by atoms with van der Waals surface area (Å²) in [4.78, 5) is 9.03. The zero-order chi connectivity index (χ0) is 13.8. The second-order valence-corrected chi connectivity index (χ2v) is 6.73. The number of halogens is 1. The van der Waals surface area contributed by atoms with Gasteiger partial charge in [0.15, 0.2) is 0 Å². The molecule has 1 aromatic rings. The van der Waals surface area contributed by atoms with Crippen molar-refractivity contribution in [2.45, 2.75) is 64.8 Å². The molecule has 1 N–H and O–H groups in total. The van der Waals surface area contributed by atoms with Gasteiger partial charge >= 0.3 is 0 Å². The summed E-state index contributed by atoms with van der Waals surface area (Å²) in [6.07, 6.45) is 6.84. The Morgan fingerprint density at radius 1 is 1.16 bits per heavy atom. The molecule has 0 spiro atoms. The normalized spacial score (nSPS) is 18.6. The van der Waals surface area contributed by atoms with Crippen LogP contribution in [-0.2, 0) is 0 Å². The molecule has 4 heteroatoms. The van der Waals surface area contributed by atoms with E-state index in [1.54, 1.807) is 0 Å². The molecule has 1 saturated carbocycles. The minimum absolute atomic E-state index is 0.350.